The van der Waals surface area contributed by atoms with Gasteiger partial charge in [0.05, 0.1) is 5.69 Å². The Morgan fingerprint density at radius 1 is 1.40 bits per heavy atom. The van der Waals surface area contributed by atoms with Crippen molar-refractivity contribution in [1.29, 1.82) is 0 Å². The lowest BCUT2D eigenvalue weighted by molar-refractivity contribution is 0.501. The molecule has 0 bridgehead atoms. The maximum absolute atomic E-state index is 5.42. The van der Waals surface area contributed by atoms with Gasteiger partial charge < -0.3 is 14.6 Å². The van der Waals surface area contributed by atoms with E-state index < -0.39 is 0 Å². The second-order valence-corrected chi connectivity index (χ2v) is 3.45. The van der Waals surface area contributed by atoms with Gasteiger partial charge in [-0.25, -0.2) is 4.98 Å². The van der Waals surface area contributed by atoms with Crippen molar-refractivity contribution in [1.82, 2.24) is 4.98 Å². The minimum atomic E-state index is 0.537. The second-order valence-electron chi connectivity index (χ2n) is 3.45. The molecule has 0 aliphatic rings. The summed E-state index contributed by atoms with van der Waals surface area (Å²) in [4.78, 5) is 4.32. The quantitative estimate of drug-likeness (QED) is 0.832. The second kappa shape index (κ2) is 4.31. The van der Waals surface area contributed by atoms with E-state index in [1.807, 2.05) is 19.1 Å². The number of oxazole rings is 1. The van der Waals surface area contributed by atoms with E-state index in [1.165, 1.54) is 0 Å². The molecule has 2 N–H and O–H groups in total. The van der Waals surface area contributed by atoms with E-state index in [9.17, 15) is 0 Å². The summed E-state index contributed by atoms with van der Waals surface area (Å²) >= 11 is 0. The van der Waals surface area contributed by atoms with E-state index in [1.54, 1.807) is 6.26 Å². The van der Waals surface area contributed by atoms with Gasteiger partial charge >= 0.3 is 0 Å². The smallest absolute Gasteiger partial charge is 0.262 e. The first-order chi connectivity index (χ1) is 7.29. The summed E-state index contributed by atoms with van der Waals surface area (Å²) < 4.78 is 10.7. The summed E-state index contributed by atoms with van der Waals surface area (Å²) in [5, 5.41) is 0. The van der Waals surface area contributed by atoms with Crippen molar-refractivity contribution in [2.45, 2.75) is 19.8 Å². The van der Waals surface area contributed by atoms with Gasteiger partial charge in [0.15, 0.2) is 5.76 Å². The number of aryl methyl sites for hydroxylation is 2. The van der Waals surface area contributed by atoms with Crippen molar-refractivity contribution in [3.8, 4) is 11.7 Å². The normalized spacial score (nSPS) is 10.8. The molecule has 2 aromatic heterocycles. The van der Waals surface area contributed by atoms with Crippen molar-refractivity contribution < 1.29 is 8.83 Å². The number of nitrogens with zero attached hydrogens (tertiary/aromatic N) is 1. The van der Waals surface area contributed by atoms with Crippen molar-refractivity contribution in [2.75, 3.05) is 6.54 Å². The number of rotatable bonds is 4. The average molecular weight is 206 g/mol. The zero-order valence-electron chi connectivity index (χ0n) is 8.69. The highest BCUT2D eigenvalue weighted by Gasteiger charge is 2.09. The molecule has 0 unspecified atom stereocenters. The van der Waals surface area contributed by atoms with Crippen molar-refractivity contribution >= 4 is 0 Å². The SMILES string of the molecule is Cc1ccc(-c2nc(CCCN)co2)o1. The van der Waals surface area contributed by atoms with Crippen LogP contribution in [0.4, 0.5) is 0 Å². The lowest BCUT2D eigenvalue weighted by Crippen LogP contribution is -2.00. The van der Waals surface area contributed by atoms with Crippen LogP contribution in [-0.2, 0) is 6.42 Å². The Morgan fingerprint density at radius 2 is 2.27 bits per heavy atom. The molecule has 0 saturated carbocycles. The molecule has 0 aliphatic heterocycles. The molecule has 0 aliphatic carbocycles. The topological polar surface area (TPSA) is 65.2 Å². The lowest BCUT2D eigenvalue weighted by Gasteiger charge is -1.90. The first-order valence-corrected chi connectivity index (χ1v) is 5.01. The van der Waals surface area contributed by atoms with E-state index in [0.29, 0.717) is 18.2 Å². The van der Waals surface area contributed by atoms with Gasteiger partial charge in [0.2, 0.25) is 0 Å². The van der Waals surface area contributed by atoms with Crippen LogP contribution in [0.3, 0.4) is 0 Å². The molecule has 4 nitrogen and oxygen atoms in total. The Hall–Kier alpha value is -1.55. The van der Waals surface area contributed by atoms with Crippen LogP contribution >= 0.6 is 0 Å². The van der Waals surface area contributed by atoms with Crippen LogP contribution in [0.2, 0.25) is 0 Å². The van der Waals surface area contributed by atoms with E-state index in [4.69, 9.17) is 14.6 Å². The van der Waals surface area contributed by atoms with Crippen LogP contribution in [0, 0.1) is 6.92 Å². The van der Waals surface area contributed by atoms with Crippen LogP contribution in [-0.4, -0.2) is 11.5 Å². The molecule has 0 atom stereocenters. The monoisotopic (exact) mass is 206 g/mol. The molecule has 2 heterocycles. The molecule has 4 heteroatoms. The standard InChI is InChI=1S/C11H14N2O2/c1-8-4-5-10(15-8)11-13-9(7-14-11)3-2-6-12/h4-5,7H,2-3,6,12H2,1H3. The number of aromatic nitrogens is 1. The predicted octanol–water partition coefficient (Wildman–Crippen LogP) is 2.13. The Morgan fingerprint density at radius 3 is 2.93 bits per heavy atom. The summed E-state index contributed by atoms with van der Waals surface area (Å²) in [5.74, 6) is 2.06. The molecule has 0 fully saturated rings. The first kappa shape index (κ1) is 9.98. The highest BCUT2D eigenvalue weighted by atomic mass is 16.4. The van der Waals surface area contributed by atoms with Gasteiger partial charge in [-0.1, -0.05) is 0 Å². The third-order valence-corrected chi connectivity index (χ3v) is 2.14. The zero-order valence-corrected chi connectivity index (χ0v) is 8.69. The molecule has 0 radical (unpaired) electrons. The molecule has 0 aromatic carbocycles. The fourth-order valence-electron chi connectivity index (χ4n) is 1.37. The molecular formula is C11H14N2O2. The van der Waals surface area contributed by atoms with Gasteiger partial charge in [-0.15, -0.1) is 0 Å². The molecule has 0 spiro atoms. The van der Waals surface area contributed by atoms with Gasteiger partial charge in [0.25, 0.3) is 5.89 Å². The lowest BCUT2D eigenvalue weighted by atomic mass is 10.2. The summed E-state index contributed by atoms with van der Waals surface area (Å²) in [5.41, 5.74) is 6.34. The van der Waals surface area contributed by atoms with Gasteiger partial charge in [0.1, 0.15) is 12.0 Å². The third kappa shape index (κ3) is 2.27. The van der Waals surface area contributed by atoms with Crippen molar-refractivity contribution in [3.05, 3.63) is 29.9 Å². The molecule has 2 rings (SSSR count). The maximum Gasteiger partial charge on any atom is 0.262 e. The van der Waals surface area contributed by atoms with Gasteiger partial charge in [-0.3, -0.25) is 0 Å². The minimum Gasteiger partial charge on any atom is -0.456 e. The molecular weight excluding hydrogens is 192 g/mol. The average Bonchev–Trinajstić information content (AvgIpc) is 2.83. The van der Waals surface area contributed by atoms with Crippen molar-refractivity contribution in [2.24, 2.45) is 5.73 Å². The van der Waals surface area contributed by atoms with Gasteiger partial charge in [-0.2, -0.15) is 0 Å². The third-order valence-electron chi connectivity index (χ3n) is 2.14. The zero-order chi connectivity index (χ0) is 10.7. The van der Waals surface area contributed by atoms with Gasteiger partial charge in [-0.05, 0) is 38.4 Å². The number of hydrogen-bond donors (Lipinski definition) is 1. The van der Waals surface area contributed by atoms with Crippen LogP contribution in [0.1, 0.15) is 17.9 Å². The highest BCUT2D eigenvalue weighted by Crippen LogP contribution is 2.21. The molecule has 0 saturated heterocycles. The summed E-state index contributed by atoms with van der Waals surface area (Å²) in [6.45, 7) is 2.56. The van der Waals surface area contributed by atoms with Crippen LogP contribution < -0.4 is 5.73 Å². The summed E-state index contributed by atoms with van der Waals surface area (Å²) in [6, 6.07) is 3.74. The first-order valence-electron chi connectivity index (χ1n) is 5.01. The van der Waals surface area contributed by atoms with Gasteiger partial charge in [0, 0.05) is 0 Å². The largest absolute Gasteiger partial charge is 0.456 e. The Kier molecular flexibility index (Phi) is 2.87. The van der Waals surface area contributed by atoms with Crippen molar-refractivity contribution in [3.63, 3.8) is 0 Å². The Labute approximate surface area is 88.1 Å². The van der Waals surface area contributed by atoms with E-state index >= 15 is 0 Å². The van der Waals surface area contributed by atoms with Crippen LogP contribution in [0.5, 0.6) is 0 Å². The highest BCUT2D eigenvalue weighted by molar-refractivity contribution is 5.44. The Bertz CT molecular complexity index is 431. The molecule has 0 amide bonds. The van der Waals surface area contributed by atoms with E-state index in [0.717, 1.165) is 24.3 Å². The predicted molar refractivity (Wildman–Crippen MR) is 56.3 cm³/mol. The minimum absolute atomic E-state index is 0.537. The molecule has 15 heavy (non-hydrogen) atoms. The maximum atomic E-state index is 5.42. The Balaban J connectivity index is 2.13. The fourth-order valence-corrected chi connectivity index (χ4v) is 1.37. The van der Waals surface area contributed by atoms with E-state index in [2.05, 4.69) is 4.98 Å². The number of hydrogen-bond acceptors (Lipinski definition) is 4. The van der Waals surface area contributed by atoms with Crippen LogP contribution in [0.25, 0.3) is 11.7 Å². The summed E-state index contributed by atoms with van der Waals surface area (Å²) in [7, 11) is 0. The molecule has 80 valence electrons. The fraction of sp³-hybridized carbons (Fsp3) is 0.364. The summed E-state index contributed by atoms with van der Waals surface area (Å²) in [6.07, 6.45) is 3.42. The van der Waals surface area contributed by atoms with E-state index in [-0.39, 0.29) is 0 Å². The number of nitrogens with two attached hydrogens (primary N) is 1. The number of furan rings is 1. The molecule has 2 aromatic rings. The van der Waals surface area contributed by atoms with Crippen LogP contribution in [0.15, 0.2) is 27.2 Å².